The van der Waals surface area contributed by atoms with Crippen LogP contribution >= 0.6 is 34.0 Å². The van der Waals surface area contributed by atoms with Gasteiger partial charge in [-0.15, -0.1) is 34.0 Å². The van der Waals surface area contributed by atoms with E-state index in [1.807, 2.05) is 0 Å². The zero-order valence-electron chi connectivity index (χ0n) is 23.0. The lowest BCUT2D eigenvalue weighted by molar-refractivity contribution is 1.39. The van der Waals surface area contributed by atoms with Gasteiger partial charge >= 0.3 is 0 Å². The lowest BCUT2D eigenvalue weighted by Gasteiger charge is -2.07. The number of thiazole rings is 2. The first-order valence-corrected chi connectivity index (χ1v) is 16.5. The molecule has 0 amide bonds. The molecule has 0 unspecified atom stereocenters. The second-order valence-corrected chi connectivity index (χ2v) is 13.2. The van der Waals surface area contributed by atoms with Crippen LogP contribution in [0, 0.1) is 0 Å². The first-order chi connectivity index (χ1) is 21.3. The molecule has 8 aromatic rings. The van der Waals surface area contributed by atoms with Crippen molar-refractivity contribution in [1.29, 1.82) is 0 Å². The fraction of sp³-hybridized carbons (Fsp3) is 0. The minimum absolute atomic E-state index is 1.01. The van der Waals surface area contributed by atoms with E-state index < -0.39 is 0 Å². The molecular formula is C38H24N2S3. The molecule has 8 rings (SSSR count). The van der Waals surface area contributed by atoms with Crippen molar-refractivity contribution in [1.82, 2.24) is 9.97 Å². The smallest absolute Gasteiger partial charge is 0.124 e. The topological polar surface area (TPSA) is 25.8 Å². The summed E-state index contributed by atoms with van der Waals surface area (Å²) in [7, 11) is 0. The molecule has 0 aliphatic rings. The minimum atomic E-state index is 1.01. The van der Waals surface area contributed by atoms with Crippen LogP contribution in [0.4, 0.5) is 0 Å². The molecule has 0 spiro atoms. The van der Waals surface area contributed by atoms with Crippen molar-refractivity contribution in [3.8, 4) is 63.9 Å². The number of hydrogen-bond acceptors (Lipinski definition) is 5. The highest BCUT2D eigenvalue weighted by atomic mass is 32.1. The van der Waals surface area contributed by atoms with Gasteiger partial charge in [-0.3, -0.25) is 0 Å². The number of aromatic nitrogens is 2. The molecule has 0 radical (unpaired) electrons. The van der Waals surface area contributed by atoms with Gasteiger partial charge in [0.05, 0.1) is 20.3 Å². The number of hydrogen-bond donors (Lipinski definition) is 0. The molecule has 0 saturated carbocycles. The van der Waals surface area contributed by atoms with Crippen molar-refractivity contribution in [2.45, 2.75) is 0 Å². The number of rotatable bonds is 6. The molecule has 3 heterocycles. The summed E-state index contributed by atoms with van der Waals surface area (Å²) in [4.78, 5) is 14.3. The monoisotopic (exact) mass is 604 g/mol. The molecule has 0 N–H and O–H groups in total. The molecule has 3 aromatic heterocycles. The first-order valence-electron chi connectivity index (χ1n) is 14.1. The summed E-state index contributed by atoms with van der Waals surface area (Å²) < 4.78 is 1.23. The zero-order chi connectivity index (χ0) is 28.6. The highest BCUT2D eigenvalue weighted by Crippen LogP contribution is 2.52. The third-order valence-corrected chi connectivity index (χ3v) is 10.9. The van der Waals surface area contributed by atoms with E-state index in [-0.39, 0.29) is 0 Å². The maximum atomic E-state index is 5.40. The fourth-order valence-corrected chi connectivity index (χ4v) is 8.82. The van der Waals surface area contributed by atoms with E-state index in [2.05, 4.69) is 146 Å². The number of thiophene rings is 1. The summed E-state index contributed by atoms with van der Waals surface area (Å²) in [6.45, 7) is 0. The molecule has 0 fully saturated rings. The summed E-state index contributed by atoms with van der Waals surface area (Å²) >= 11 is 5.32. The highest BCUT2D eigenvalue weighted by Gasteiger charge is 2.27. The summed E-state index contributed by atoms with van der Waals surface area (Å²) in [6, 6.07) is 51.0. The molecule has 0 aliphatic heterocycles. The van der Waals surface area contributed by atoms with Gasteiger partial charge in [-0.05, 0) is 17.2 Å². The summed E-state index contributed by atoms with van der Waals surface area (Å²) in [5.41, 5.74) is 7.78. The van der Waals surface area contributed by atoms with E-state index in [4.69, 9.17) is 9.97 Å². The van der Waals surface area contributed by atoms with Gasteiger partial charge in [0.1, 0.15) is 15.7 Å². The Bertz CT molecular complexity index is 2160. The SMILES string of the molecule is c1ccc(-c2nc(-c3sc4ccccc4c3-c3nc(-c4ccccc4)sc3-c3ccccc3)c(-c3ccccc3)s2)cc1. The Morgan fingerprint density at radius 2 is 0.767 bits per heavy atom. The molecule has 204 valence electrons. The predicted octanol–water partition coefficient (Wildman–Crippen LogP) is 11.8. The first kappa shape index (κ1) is 26.0. The van der Waals surface area contributed by atoms with E-state index in [9.17, 15) is 0 Å². The van der Waals surface area contributed by atoms with E-state index in [1.165, 1.54) is 31.0 Å². The van der Waals surface area contributed by atoms with Gasteiger partial charge in [0.2, 0.25) is 0 Å². The Morgan fingerprint density at radius 1 is 0.349 bits per heavy atom. The summed E-state index contributed by atoms with van der Waals surface area (Å²) in [5, 5.41) is 3.24. The van der Waals surface area contributed by atoms with Crippen molar-refractivity contribution < 1.29 is 0 Å². The van der Waals surface area contributed by atoms with Crippen molar-refractivity contribution in [3.63, 3.8) is 0 Å². The van der Waals surface area contributed by atoms with Crippen LogP contribution in [0.3, 0.4) is 0 Å². The van der Waals surface area contributed by atoms with Crippen LogP contribution in [-0.4, -0.2) is 9.97 Å². The van der Waals surface area contributed by atoms with Crippen LogP contribution in [-0.2, 0) is 0 Å². The molecule has 2 nitrogen and oxygen atoms in total. The lowest BCUT2D eigenvalue weighted by atomic mass is 10.0. The van der Waals surface area contributed by atoms with Crippen LogP contribution in [0.2, 0.25) is 0 Å². The van der Waals surface area contributed by atoms with E-state index in [1.54, 1.807) is 34.0 Å². The van der Waals surface area contributed by atoms with Gasteiger partial charge < -0.3 is 0 Å². The van der Waals surface area contributed by atoms with Gasteiger partial charge in [-0.25, -0.2) is 9.97 Å². The van der Waals surface area contributed by atoms with Crippen molar-refractivity contribution >= 4 is 44.1 Å². The molecule has 5 aromatic carbocycles. The minimum Gasteiger partial charge on any atom is -0.235 e. The third kappa shape index (κ3) is 4.82. The molecular weight excluding hydrogens is 581 g/mol. The van der Waals surface area contributed by atoms with Gasteiger partial charge in [0.25, 0.3) is 0 Å². The Balaban J connectivity index is 1.43. The van der Waals surface area contributed by atoms with E-state index in [0.717, 1.165) is 43.0 Å². The van der Waals surface area contributed by atoms with Crippen LogP contribution in [0.15, 0.2) is 146 Å². The average Bonchev–Trinajstić information content (AvgIpc) is 3.82. The van der Waals surface area contributed by atoms with Gasteiger partial charge in [-0.1, -0.05) is 140 Å². The molecule has 0 atom stereocenters. The van der Waals surface area contributed by atoms with Crippen LogP contribution in [0.25, 0.3) is 73.9 Å². The molecule has 0 saturated heterocycles. The number of fused-ring (bicyclic) bond motifs is 1. The Morgan fingerprint density at radius 3 is 1.30 bits per heavy atom. The Hall–Kier alpha value is -4.68. The fourth-order valence-electron chi connectivity index (χ4n) is 5.39. The van der Waals surface area contributed by atoms with E-state index in [0.29, 0.717) is 0 Å². The van der Waals surface area contributed by atoms with Crippen molar-refractivity contribution in [3.05, 3.63) is 146 Å². The van der Waals surface area contributed by atoms with Gasteiger partial charge in [-0.2, -0.15) is 0 Å². The standard InChI is InChI=1S/C38H24N2S3/c1-5-15-25(16-6-1)34-32(39-37(42-34)27-19-9-3-10-20-27)31-29-23-13-14-24-30(29)41-36(31)33-35(26-17-7-2-8-18-26)43-38(40-33)28-21-11-4-12-22-28/h1-24H. The average molecular weight is 605 g/mol. The molecule has 43 heavy (non-hydrogen) atoms. The maximum absolute atomic E-state index is 5.40. The van der Waals surface area contributed by atoms with Crippen LogP contribution in [0.5, 0.6) is 0 Å². The predicted molar refractivity (Wildman–Crippen MR) is 186 cm³/mol. The third-order valence-electron chi connectivity index (χ3n) is 7.42. The van der Waals surface area contributed by atoms with Gasteiger partial charge in [0, 0.05) is 26.8 Å². The van der Waals surface area contributed by atoms with Crippen molar-refractivity contribution in [2.75, 3.05) is 0 Å². The summed E-state index contributed by atoms with van der Waals surface area (Å²) in [5.74, 6) is 0. The second-order valence-electron chi connectivity index (χ2n) is 10.2. The molecule has 0 aliphatic carbocycles. The van der Waals surface area contributed by atoms with Crippen molar-refractivity contribution in [2.24, 2.45) is 0 Å². The largest absolute Gasteiger partial charge is 0.235 e. The van der Waals surface area contributed by atoms with Crippen LogP contribution in [0.1, 0.15) is 0 Å². The Kier molecular flexibility index (Phi) is 6.76. The second kappa shape index (κ2) is 11.2. The maximum Gasteiger partial charge on any atom is 0.124 e. The summed E-state index contributed by atoms with van der Waals surface area (Å²) in [6.07, 6.45) is 0. The lowest BCUT2D eigenvalue weighted by Crippen LogP contribution is -1.87. The molecule has 5 heteroatoms. The quantitative estimate of drug-likeness (QED) is 0.189. The van der Waals surface area contributed by atoms with Crippen LogP contribution < -0.4 is 0 Å². The highest BCUT2D eigenvalue weighted by molar-refractivity contribution is 7.24. The van der Waals surface area contributed by atoms with E-state index >= 15 is 0 Å². The molecule has 0 bridgehead atoms. The van der Waals surface area contributed by atoms with Gasteiger partial charge in [0.15, 0.2) is 0 Å². The number of benzene rings is 5. The normalized spacial score (nSPS) is 11.3. The Labute approximate surface area is 262 Å². The zero-order valence-corrected chi connectivity index (χ0v) is 25.4. The number of nitrogens with zero attached hydrogens (tertiary/aromatic N) is 2.